The van der Waals surface area contributed by atoms with Gasteiger partial charge >= 0.3 is 0 Å². The molecule has 0 N–H and O–H groups in total. The molecule has 4 rings (SSSR count). The van der Waals surface area contributed by atoms with Crippen LogP contribution in [-0.2, 0) is 0 Å². The minimum absolute atomic E-state index is 1.04. The van der Waals surface area contributed by atoms with E-state index in [1.54, 1.807) is 0 Å². The van der Waals surface area contributed by atoms with Crippen LogP contribution in [-0.4, -0.2) is 9.55 Å². The second kappa shape index (κ2) is 5.15. The summed E-state index contributed by atoms with van der Waals surface area (Å²) in [4.78, 5) is 4.61. The molecule has 0 spiro atoms. The summed E-state index contributed by atoms with van der Waals surface area (Å²) in [5.74, 6) is 0. The third kappa shape index (κ3) is 2.09. The van der Waals surface area contributed by atoms with Gasteiger partial charge in [-0.25, -0.2) is 4.98 Å². The van der Waals surface area contributed by atoms with Crippen LogP contribution >= 0.6 is 0 Å². The van der Waals surface area contributed by atoms with Crippen molar-refractivity contribution in [3.05, 3.63) is 84.8 Å². The largest absolute Gasteiger partial charge is 0.303 e. The molecule has 0 bridgehead atoms. The predicted octanol–water partition coefficient (Wildman–Crippen LogP) is 5.00. The predicted molar refractivity (Wildman–Crippen MR) is 91.2 cm³/mol. The van der Waals surface area contributed by atoms with Crippen LogP contribution in [0.2, 0.25) is 0 Å². The van der Waals surface area contributed by atoms with Gasteiger partial charge in [-0.1, -0.05) is 60.7 Å². The Labute approximate surface area is 129 Å². The van der Waals surface area contributed by atoms with Gasteiger partial charge in [0.1, 0.15) is 6.33 Å². The molecule has 0 aliphatic heterocycles. The SMILES string of the molecule is Cc1c(-c2ccccc2)ncn1-c1ccc2ccccc2c1. The molecule has 22 heavy (non-hydrogen) atoms. The molecule has 0 aliphatic rings. The lowest BCUT2D eigenvalue weighted by Crippen LogP contribution is -1.95. The van der Waals surface area contributed by atoms with Gasteiger partial charge < -0.3 is 4.57 Å². The summed E-state index contributed by atoms with van der Waals surface area (Å²) >= 11 is 0. The smallest absolute Gasteiger partial charge is 0.100 e. The molecule has 0 saturated heterocycles. The van der Waals surface area contributed by atoms with Gasteiger partial charge in [-0.15, -0.1) is 0 Å². The molecule has 106 valence electrons. The van der Waals surface area contributed by atoms with Crippen LogP contribution in [0.1, 0.15) is 5.69 Å². The van der Waals surface area contributed by atoms with Gasteiger partial charge in [0, 0.05) is 16.9 Å². The third-order valence-electron chi connectivity index (χ3n) is 4.06. The Hall–Kier alpha value is -2.87. The number of hydrogen-bond acceptors (Lipinski definition) is 1. The maximum atomic E-state index is 4.61. The highest BCUT2D eigenvalue weighted by molar-refractivity contribution is 5.84. The van der Waals surface area contributed by atoms with Crippen LogP contribution in [0, 0.1) is 6.92 Å². The fourth-order valence-corrected chi connectivity index (χ4v) is 2.88. The van der Waals surface area contributed by atoms with Gasteiger partial charge in [0.25, 0.3) is 0 Å². The van der Waals surface area contributed by atoms with E-state index in [9.17, 15) is 0 Å². The van der Waals surface area contributed by atoms with Crippen LogP contribution in [0.25, 0.3) is 27.7 Å². The molecular formula is C20H16N2. The molecule has 2 heteroatoms. The third-order valence-corrected chi connectivity index (χ3v) is 4.06. The lowest BCUT2D eigenvalue weighted by atomic mass is 10.1. The van der Waals surface area contributed by atoms with E-state index in [-0.39, 0.29) is 0 Å². The van der Waals surface area contributed by atoms with E-state index in [1.807, 2.05) is 24.5 Å². The van der Waals surface area contributed by atoms with E-state index in [4.69, 9.17) is 0 Å². The Balaban J connectivity index is 1.84. The molecule has 0 unspecified atom stereocenters. The van der Waals surface area contributed by atoms with E-state index >= 15 is 0 Å². The van der Waals surface area contributed by atoms with E-state index in [1.165, 1.54) is 10.8 Å². The molecule has 4 aromatic rings. The highest BCUT2D eigenvalue weighted by Crippen LogP contribution is 2.25. The Morgan fingerprint density at radius 2 is 1.50 bits per heavy atom. The molecule has 0 atom stereocenters. The van der Waals surface area contributed by atoms with Crippen LogP contribution < -0.4 is 0 Å². The highest BCUT2D eigenvalue weighted by atomic mass is 15.1. The first-order chi connectivity index (χ1) is 10.8. The van der Waals surface area contributed by atoms with E-state index < -0.39 is 0 Å². The number of fused-ring (bicyclic) bond motifs is 1. The van der Waals surface area contributed by atoms with Crippen molar-refractivity contribution in [3.8, 4) is 16.9 Å². The summed E-state index contributed by atoms with van der Waals surface area (Å²) < 4.78 is 2.15. The number of hydrogen-bond donors (Lipinski definition) is 0. The second-order valence-corrected chi connectivity index (χ2v) is 5.45. The Morgan fingerprint density at radius 3 is 2.32 bits per heavy atom. The molecular weight excluding hydrogens is 268 g/mol. The minimum Gasteiger partial charge on any atom is -0.303 e. The number of benzene rings is 3. The molecule has 0 radical (unpaired) electrons. The van der Waals surface area contributed by atoms with Crippen LogP contribution in [0.4, 0.5) is 0 Å². The molecule has 0 amide bonds. The van der Waals surface area contributed by atoms with Crippen molar-refractivity contribution in [2.75, 3.05) is 0 Å². The molecule has 1 heterocycles. The first kappa shape index (κ1) is 12.8. The van der Waals surface area contributed by atoms with E-state index in [0.29, 0.717) is 0 Å². The monoisotopic (exact) mass is 284 g/mol. The quantitative estimate of drug-likeness (QED) is 0.506. The zero-order chi connectivity index (χ0) is 14.9. The Morgan fingerprint density at radius 1 is 0.773 bits per heavy atom. The number of rotatable bonds is 2. The minimum atomic E-state index is 1.04. The van der Waals surface area contributed by atoms with Crippen molar-refractivity contribution in [2.24, 2.45) is 0 Å². The number of imidazole rings is 1. The Bertz CT molecular complexity index is 936. The summed E-state index contributed by atoms with van der Waals surface area (Å²) in [5, 5.41) is 2.50. The van der Waals surface area contributed by atoms with Crippen LogP contribution in [0.5, 0.6) is 0 Å². The fraction of sp³-hybridized carbons (Fsp3) is 0.0500. The van der Waals surface area contributed by atoms with E-state index in [2.05, 4.69) is 71.1 Å². The van der Waals surface area contributed by atoms with Crippen LogP contribution in [0.15, 0.2) is 79.1 Å². The van der Waals surface area contributed by atoms with Gasteiger partial charge in [-0.05, 0) is 29.8 Å². The summed E-state index contributed by atoms with van der Waals surface area (Å²) in [6.45, 7) is 2.12. The summed E-state index contributed by atoms with van der Waals surface area (Å²) in [6, 6.07) is 25.2. The van der Waals surface area contributed by atoms with Gasteiger partial charge in [0.05, 0.1) is 5.69 Å². The zero-order valence-corrected chi connectivity index (χ0v) is 12.4. The maximum absolute atomic E-state index is 4.61. The summed E-state index contributed by atoms with van der Waals surface area (Å²) in [7, 11) is 0. The standard InChI is InChI=1S/C20H16N2/c1-15-20(17-8-3-2-4-9-17)21-14-22(15)19-12-11-16-7-5-6-10-18(16)13-19/h2-14H,1H3. The summed E-state index contributed by atoms with van der Waals surface area (Å²) in [6.07, 6.45) is 1.90. The molecule has 0 aliphatic carbocycles. The van der Waals surface area contributed by atoms with Crippen molar-refractivity contribution in [1.29, 1.82) is 0 Å². The first-order valence-electron chi connectivity index (χ1n) is 7.41. The second-order valence-electron chi connectivity index (χ2n) is 5.45. The lowest BCUT2D eigenvalue weighted by molar-refractivity contribution is 1.01. The van der Waals surface area contributed by atoms with E-state index in [0.717, 1.165) is 22.6 Å². The fourth-order valence-electron chi connectivity index (χ4n) is 2.88. The average molecular weight is 284 g/mol. The topological polar surface area (TPSA) is 17.8 Å². The molecule has 0 saturated carbocycles. The molecule has 0 fully saturated rings. The highest BCUT2D eigenvalue weighted by Gasteiger charge is 2.10. The summed E-state index contributed by atoms with van der Waals surface area (Å²) in [5.41, 5.74) is 4.49. The van der Waals surface area contributed by atoms with Gasteiger partial charge in [0.15, 0.2) is 0 Å². The maximum Gasteiger partial charge on any atom is 0.100 e. The number of aromatic nitrogens is 2. The van der Waals surface area contributed by atoms with Gasteiger partial charge in [-0.3, -0.25) is 0 Å². The number of nitrogens with zero attached hydrogens (tertiary/aromatic N) is 2. The Kier molecular flexibility index (Phi) is 3.01. The molecule has 1 aromatic heterocycles. The van der Waals surface area contributed by atoms with Crippen molar-refractivity contribution < 1.29 is 0 Å². The van der Waals surface area contributed by atoms with Gasteiger partial charge in [0.2, 0.25) is 0 Å². The van der Waals surface area contributed by atoms with Gasteiger partial charge in [-0.2, -0.15) is 0 Å². The zero-order valence-electron chi connectivity index (χ0n) is 12.4. The normalized spacial score (nSPS) is 11.0. The van der Waals surface area contributed by atoms with Crippen molar-refractivity contribution >= 4 is 10.8 Å². The lowest BCUT2D eigenvalue weighted by Gasteiger charge is -2.08. The van der Waals surface area contributed by atoms with Crippen LogP contribution in [0.3, 0.4) is 0 Å². The van der Waals surface area contributed by atoms with Crippen molar-refractivity contribution in [3.63, 3.8) is 0 Å². The van der Waals surface area contributed by atoms with Crippen molar-refractivity contribution in [2.45, 2.75) is 6.92 Å². The molecule has 2 nitrogen and oxygen atoms in total. The molecule has 3 aromatic carbocycles. The van der Waals surface area contributed by atoms with Crippen molar-refractivity contribution in [1.82, 2.24) is 9.55 Å². The first-order valence-corrected chi connectivity index (χ1v) is 7.41. The average Bonchev–Trinajstić information content (AvgIpc) is 2.97.